The number of carbonyl (C=O) groups is 1. The maximum atomic E-state index is 13.5. The number of pyridine rings is 1. The van der Waals surface area contributed by atoms with Crippen molar-refractivity contribution in [2.45, 2.75) is 0 Å². The molecular formula is C14H14FN5O. The molecule has 1 amide bonds. The van der Waals surface area contributed by atoms with Crippen LogP contribution in [0.25, 0.3) is 0 Å². The lowest BCUT2D eigenvalue weighted by molar-refractivity contribution is 0.0740. The van der Waals surface area contributed by atoms with Crippen molar-refractivity contribution in [3.05, 3.63) is 48.3 Å². The molecule has 1 fully saturated rings. The molecule has 108 valence electrons. The van der Waals surface area contributed by atoms with Crippen molar-refractivity contribution in [1.82, 2.24) is 19.9 Å². The molecule has 7 heteroatoms. The second-order valence-electron chi connectivity index (χ2n) is 4.67. The van der Waals surface area contributed by atoms with Gasteiger partial charge in [-0.15, -0.1) is 0 Å². The maximum absolute atomic E-state index is 13.5. The van der Waals surface area contributed by atoms with Crippen LogP contribution in [0.5, 0.6) is 0 Å². The van der Waals surface area contributed by atoms with Gasteiger partial charge in [0.1, 0.15) is 0 Å². The number of aromatic nitrogens is 3. The second-order valence-corrected chi connectivity index (χ2v) is 4.67. The second kappa shape index (κ2) is 5.82. The van der Waals surface area contributed by atoms with Gasteiger partial charge in [0.25, 0.3) is 5.91 Å². The third kappa shape index (κ3) is 2.81. The molecule has 2 aromatic heterocycles. The topological polar surface area (TPSA) is 62.2 Å². The summed E-state index contributed by atoms with van der Waals surface area (Å²) >= 11 is 0. The Morgan fingerprint density at radius 2 is 1.67 bits per heavy atom. The highest BCUT2D eigenvalue weighted by molar-refractivity contribution is 5.94. The summed E-state index contributed by atoms with van der Waals surface area (Å²) in [5.74, 6) is -0.400. The Morgan fingerprint density at radius 3 is 2.33 bits per heavy atom. The Hall–Kier alpha value is -2.57. The summed E-state index contributed by atoms with van der Waals surface area (Å²) in [5.41, 5.74) is 0.0157. The van der Waals surface area contributed by atoms with E-state index in [1.807, 2.05) is 4.90 Å². The Labute approximate surface area is 121 Å². The minimum atomic E-state index is -0.726. The zero-order valence-corrected chi connectivity index (χ0v) is 11.3. The molecule has 0 N–H and O–H groups in total. The van der Waals surface area contributed by atoms with Crippen LogP contribution >= 0.6 is 0 Å². The van der Waals surface area contributed by atoms with Crippen LogP contribution in [0.1, 0.15) is 10.4 Å². The Morgan fingerprint density at radius 1 is 1.00 bits per heavy atom. The van der Waals surface area contributed by atoms with Crippen molar-refractivity contribution in [3.8, 4) is 0 Å². The number of piperazine rings is 1. The molecule has 0 saturated carbocycles. The number of carbonyl (C=O) groups excluding carboxylic acids is 1. The molecule has 3 heterocycles. The van der Waals surface area contributed by atoms with E-state index in [9.17, 15) is 9.18 Å². The fourth-order valence-electron chi connectivity index (χ4n) is 2.28. The van der Waals surface area contributed by atoms with Gasteiger partial charge in [0.2, 0.25) is 11.9 Å². The molecule has 0 unspecified atom stereocenters. The summed E-state index contributed by atoms with van der Waals surface area (Å²) in [6, 6.07) is 4.77. The third-order valence-electron chi connectivity index (χ3n) is 3.39. The number of hydrogen-bond donors (Lipinski definition) is 0. The third-order valence-corrected chi connectivity index (χ3v) is 3.39. The van der Waals surface area contributed by atoms with Gasteiger partial charge in [0.15, 0.2) is 0 Å². The van der Waals surface area contributed by atoms with E-state index in [0.717, 1.165) is 0 Å². The first kappa shape index (κ1) is 13.4. The molecule has 0 bridgehead atoms. The molecule has 0 spiro atoms. The van der Waals surface area contributed by atoms with Crippen LogP contribution in [-0.2, 0) is 0 Å². The molecule has 2 aromatic rings. The fraction of sp³-hybridized carbons (Fsp3) is 0.286. The lowest BCUT2D eigenvalue weighted by atomic mass is 10.2. The van der Waals surface area contributed by atoms with Crippen LogP contribution in [0.2, 0.25) is 0 Å². The zero-order valence-electron chi connectivity index (χ0n) is 11.3. The predicted octanol–water partition coefficient (Wildman–Crippen LogP) is 0.973. The highest BCUT2D eigenvalue weighted by Crippen LogP contribution is 2.13. The first-order valence-electron chi connectivity index (χ1n) is 6.67. The first-order valence-corrected chi connectivity index (χ1v) is 6.67. The van der Waals surface area contributed by atoms with Crippen LogP contribution in [-0.4, -0.2) is 51.9 Å². The maximum Gasteiger partial charge on any atom is 0.258 e. The molecule has 1 aliphatic heterocycles. The van der Waals surface area contributed by atoms with Gasteiger partial charge in [0, 0.05) is 44.8 Å². The summed E-state index contributed by atoms with van der Waals surface area (Å²) in [6.07, 6.45) is 4.70. The molecule has 0 aromatic carbocycles. The van der Waals surface area contributed by atoms with Gasteiger partial charge in [-0.05, 0) is 18.2 Å². The number of halogens is 1. The van der Waals surface area contributed by atoms with Gasteiger partial charge in [-0.25, -0.2) is 15.0 Å². The van der Waals surface area contributed by atoms with Crippen LogP contribution in [0.3, 0.4) is 0 Å². The summed E-state index contributed by atoms with van der Waals surface area (Å²) < 4.78 is 13.5. The first-order chi connectivity index (χ1) is 10.3. The van der Waals surface area contributed by atoms with Crippen LogP contribution < -0.4 is 4.90 Å². The minimum Gasteiger partial charge on any atom is -0.337 e. The molecule has 6 nitrogen and oxygen atoms in total. The smallest absolute Gasteiger partial charge is 0.258 e. The van der Waals surface area contributed by atoms with Gasteiger partial charge in [-0.2, -0.15) is 4.39 Å². The zero-order chi connectivity index (χ0) is 14.7. The SMILES string of the molecule is O=C(c1cccnc1F)N1CCN(c2ncccn2)CC1. The number of nitrogens with zero attached hydrogens (tertiary/aromatic N) is 5. The molecular weight excluding hydrogens is 273 g/mol. The molecule has 21 heavy (non-hydrogen) atoms. The van der Waals surface area contributed by atoms with E-state index in [1.165, 1.54) is 12.3 Å². The van der Waals surface area contributed by atoms with E-state index in [-0.39, 0.29) is 11.5 Å². The van der Waals surface area contributed by atoms with Crippen LogP contribution in [0.4, 0.5) is 10.3 Å². The predicted molar refractivity (Wildman–Crippen MR) is 74.3 cm³/mol. The fourth-order valence-corrected chi connectivity index (χ4v) is 2.28. The number of hydrogen-bond acceptors (Lipinski definition) is 5. The highest BCUT2D eigenvalue weighted by atomic mass is 19.1. The molecule has 0 radical (unpaired) electrons. The lowest BCUT2D eigenvalue weighted by Gasteiger charge is -2.34. The molecule has 0 aliphatic carbocycles. The monoisotopic (exact) mass is 287 g/mol. The summed E-state index contributed by atoms with van der Waals surface area (Å²) in [7, 11) is 0. The van der Waals surface area contributed by atoms with Crippen molar-refractivity contribution in [2.24, 2.45) is 0 Å². The Kier molecular flexibility index (Phi) is 3.72. The van der Waals surface area contributed by atoms with Crippen molar-refractivity contribution in [2.75, 3.05) is 31.1 Å². The van der Waals surface area contributed by atoms with E-state index in [2.05, 4.69) is 15.0 Å². The molecule has 1 aliphatic rings. The van der Waals surface area contributed by atoms with Crippen molar-refractivity contribution in [1.29, 1.82) is 0 Å². The lowest BCUT2D eigenvalue weighted by Crippen LogP contribution is -2.49. The van der Waals surface area contributed by atoms with Crippen LogP contribution in [0.15, 0.2) is 36.8 Å². The molecule has 1 saturated heterocycles. The Balaban J connectivity index is 1.66. The van der Waals surface area contributed by atoms with Gasteiger partial charge in [0.05, 0.1) is 5.56 Å². The van der Waals surface area contributed by atoms with E-state index in [0.29, 0.717) is 32.1 Å². The normalized spacial score (nSPS) is 15.1. The van der Waals surface area contributed by atoms with Gasteiger partial charge in [-0.1, -0.05) is 0 Å². The summed E-state index contributed by atoms with van der Waals surface area (Å²) in [6.45, 7) is 2.26. The minimum absolute atomic E-state index is 0.0157. The van der Waals surface area contributed by atoms with Gasteiger partial charge in [-0.3, -0.25) is 4.79 Å². The van der Waals surface area contributed by atoms with Gasteiger partial charge >= 0.3 is 0 Å². The van der Waals surface area contributed by atoms with Gasteiger partial charge < -0.3 is 9.80 Å². The number of anilines is 1. The number of amides is 1. The summed E-state index contributed by atoms with van der Waals surface area (Å²) in [4.78, 5) is 27.8. The van der Waals surface area contributed by atoms with E-state index in [1.54, 1.807) is 29.4 Å². The van der Waals surface area contributed by atoms with E-state index < -0.39 is 5.95 Å². The van der Waals surface area contributed by atoms with E-state index in [4.69, 9.17) is 0 Å². The molecule has 0 atom stereocenters. The largest absolute Gasteiger partial charge is 0.337 e. The highest BCUT2D eigenvalue weighted by Gasteiger charge is 2.25. The van der Waals surface area contributed by atoms with Crippen molar-refractivity contribution >= 4 is 11.9 Å². The average Bonchev–Trinajstić information content (AvgIpc) is 2.56. The average molecular weight is 287 g/mol. The molecule has 3 rings (SSSR count). The quantitative estimate of drug-likeness (QED) is 0.770. The van der Waals surface area contributed by atoms with Crippen molar-refractivity contribution in [3.63, 3.8) is 0 Å². The standard InChI is InChI=1S/C14H14FN5O/c15-12-11(3-1-4-16-12)13(21)19-7-9-20(10-8-19)14-17-5-2-6-18-14/h1-6H,7-10H2. The Bertz CT molecular complexity index is 628. The van der Waals surface area contributed by atoms with Crippen LogP contribution in [0, 0.1) is 5.95 Å². The number of rotatable bonds is 2. The van der Waals surface area contributed by atoms with Crippen molar-refractivity contribution < 1.29 is 9.18 Å². The summed E-state index contributed by atoms with van der Waals surface area (Å²) in [5, 5.41) is 0. The van der Waals surface area contributed by atoms with E-state index >= 15 is 0 Å².